The Balaban J connectivity index is 0.00000392. The fraction of sp³-hybridized carbons (Fsp3) is 0.412. The summed E-state index contributed by atoms with van der Waals surface area (Å²) < 4.78 is 56.1. The second kappa shape index (κ2) is 11.7. The predicted molar refractivity (Wildman–Crippen MR) is 108 cm³/mol. The summed E-state index contributed by atoms with van der Waals surface area (Å²) in [5, 5.41) is 5.86. The first-order valence-corrected chi connectivity index (χ1v) is 8.27. The van der Waals surface area contributed by atoms with Gasteiger partial charge in [-0.1, -0.05) is 17.7 Å². The van der Waals surface area contributed by atoms with Gasteiger partial charge in [-0.15, -0.1) is 24.0 Å². The van der Waals surface area contributed by atoms with E-state index in [1.54, 1.807) is 12.1 Å². The van der Waals surface area contributed by atoms with Gasteiger partial charge < -0.3 is 15.4 Å². The molecule has 0 amide bonds. The molecule has 0 fully saturated rings. The number of guanidine groups is 1. The molecule has 2 rings (SSSR count). The molecule has 2 aromatic rings. The van der Waals surface area contributed by atoms with Crippen molar-refractivity contribution in [3.8, 4) is 5.75 Å². The summed E-state index contributed by atoms with van der Waals surface area (Å²) in [6.45, 7) is -1.33. The van der Waals surface area contributed by atoms with Gasteiger partial charge in [0, 0.05) is 24.5 Å². The number of aromatic nitrogens is 2. The van der Waals surface area contributed by atoms with Gasteiger partial charge in [0.15, 0.2) is 5.96 Å². The molecular weight excluding hydrogens is 493 g/mol. The fourth-order valence-electron chi connectivity index (χ4n) is 2.37. The normalized spacial score (nSPS) is 11.5. The largest absolute Gasteiger partial charge is 0.434 e. The number of hydrogen-bond acceptors (Lipinski definition) is 3. The lowest BCUT2D eigenvalue weighted by molar-refractivity contribution is -0.0504. The average Bonchev–Trinajstić information content (AvgIpc) is 3.08. The van der Waals surface area contributed by atoms with Crippen LogP contribution < -0.4 is 15.4 Å². The van der Waals surface area contributed by atoms with Crippen LogP contribution in [-0.4, -0.2) is 28.7 Å². The topological polar surface area (TPSA) is 63.5 Å². The summed E-state index contributed by atoms with van der Waals surface area (Å²) in [7, 11) is 0. The van der Waals surface area contributed by atoms with E-state index in [-0.39, 0.29) is 48.6 Å². The van der Waals surface area contributed by atoms with E-state index < -0.39 is 13.2 Å². The first-order valence-electron chi connectivity index (χ1n) is 8.27. The summed E-state index contributed by atoms with van der Waals surface area (Å²) in [4.78, 5) is 8.19. The van der Waals surface area contributed by atoms with Crippen LogP contribution in [-0.2, 0) is 13.1 Å². The third-order valence-corrected chi connectivity index (χ3v) is 3.56. The molecule has 0 aliphatic carbocycles. The van der Waals surface area contributed by atoms with E-state index in [1.807, 2.05) is 13.8 Å². The molecule has 28 heavy (non-hydrogen) atoms. The third-order valence-electron chi connectivity index (χ3n) is 3.56. The third kappa shape index (κ3) is 7.17. The van der Waals surface area contributed by atoms with Crippen LogP contribution >= 0.6 is 24.0 Å². The molecule has 1 aromatic heterocycles. The van der Waals surface area contributed by atoms with Gasteiger partial charge in [-0.2, -0.15) is 17.6 Å². The van der Waals surface area contributed by atoms with Crippen LogP contribution in [0, 0.1) is 6.92 Å². The van der Waals surface area contributed by atoms with Crippen molar-refractivity contribution >= 4 is 29.9 Å². The average molecular weight is 515 g/mol. The van der Waals surface area contributed by atoms with Crippen molar-refractivity contribution in [3.05, 3.63) is 47.5 Å². The van der Waals surface area contributed by atoms with Crippen LogP contribution in [0.2, 0.25) is 0 Å². The number of nitrogens with zero attached hydrogens (tertiary/aromatic N) is 3. The highest BCUT2D eigenvalue weighted by Crippen LogP contribution is 2.23. The molecule has 0 bridgehead atoms. The summed E-state index contributed by atoms with van der Waals surface area (Å²) in [5.74, 6) is 0.530. The molecule has 6 nitrogen and oxygen atoms in total. The molecule has 1 heterocycles. The molecule has 0 atom stereocenters. The summed E-state index contributed by atoms with van der Waals surface area (Å²) in [6, 6.07) is 4.83. The number of hydrogen-bond donors (Lipinski definition) is 2. The second-order valence-electron chi connectivity index (χ2n) is 5.57. The number of halogens is 5. The second-order valence-corrected chi connectivity index (χ2v) is 5.57. The zero-order chi connectivity index (χ0) is 19.8. The molecule has 0 saturated carbocycles. The monoisotopic (exact) mass is 515 g/mol. The van der Waals surface area contributed by atoms with Crippen LogP contribution in [0.15, 0.2) is 35.6 Å². The van der Waals surface area contributed by atoms with E-state index in [0.717, 1.165) is 10.1 Å². The number of ether oxygens (including phenoxy) is 1. The molecule has 0 saturated heterocycles. The molecule has 0 aliphatic rings. The van der Waals surface area contributed by atoms with Crippen molar-refractivity contribution in [3.63, 3.8) is 0 Å². The highest BCUT2D eigenvalue weighted by molar-refractivity contribution is 14.0. The molecule has 0 spiro atoms. The van der Waals surface area contributed by atoms with Gasteiger partial charge in [0.2, 0.25) is 0 Å². The minimum Gasteiger partial charge on any atom is -0.434 e. The van der Waals surface area contributed by atoms with E-state index in [4.69, 9.17) is 0 Å². The highest BCUT2D eigenvalue weighted by Gasteiger charge is 2.12. The smallest absolute Gasteiger partial charge is 0.387 e. The zero-order valence-electron chi connectivity index (χ0n) is 15.3. The molecule has 0 unspecified atom stereocenters. The zero-order valence-corrected chi connectivity index (χ0v) is 17.7. The van der Waals surface area contributed by atoms with Gasteiger partial charge >= 0.3 is 13.2 Å². The summed E-state index contributed by atoms with van der Waals surface area (Å²) in [5.41, 5.74) is 1.36. The lowest BCUT2D eigenvalue weighted by Gasteiger charge is -2.14. The van der Waals surface area contributed by atoms with Gasteiger partial charge in [-0.3, -0.25) is 4.57 Å². The number of nitrogens with one attached hydrogen (secondary N) is 2. The van der Waals surface area contributed by atoms with Crippen LogP contribution in [0.3, 0.4) is 0 Å². The van der Waals surface area contributed by atoms with Gasteiger partial charge in [-0.05, 0) is 19.9 Å². The fourth-order valence-corrected chi connectivity index (χ4v) is 2.37. The minimum atomic E-state index is -2.94. The van der Waals surface area contributed by atoms with Gasteiger partial charge in [0.1, 0.15) is 11.6 Å². The molecule has 0 aliphatic heterocycles. The summed E-state index contributed by atoms with van der Waals surface area (Å²) >= 11 is 0. The van der Waals surface area contributed by atoms with E-state index in [2.05, 4.69) is 25.3 Å². The molecule has 156 valence electrons. The number of alkyl halides is 4. The van der Waals surface area contributed by atoms with Crippen LogP contribution in [0.25, 0.3) is 0 Å². The maximum atomic E-state index is 12.9. The van der Waals surface area contributed by atoms with Crippen molar-refractivity contribution in [2.45, 2.75) is 40.1 Å². The lowest BCUT2D eigenvalue weighted by Crippen LogP contribution is -2.37. The Labute approximate surface area is 177 Å². The number of aryl methyl sites for hydroxylation is 1. The molecule has 11 heteroatoms. The maximum absolute atomic E-state index is 12.9. The van der Waals surface area contributed by atoms with Crippen LogP contribution in [0.5, 0.6) is 5.75 Å². The lowest BCUT2D eigenvalue weighted by atomic mass is 10.1. The maximum Gasteiger partial charge on any atom is 0.387 e. The number of benzene rings is 1. The molecule has 0 radical (unpaired) electrons. The van der Waals surface area contributed by atoms with Crippen LogP contribution in [0.4, 0.5) is 17.6 Å². The molecular formula is C17H22F4IN5O. The Bertz CT molecular complexity index is 770. The number of rotatable bonds is 8. The summed E-state index contributed by atoms with van der Waals surface area (Å²) in [6.07, 6.45) is 2.47. The first-order chi connectivity index (χ1) is 12.9. The van der Waals surface area contributed by atoms with E-state index in [9.17, 15) is 17.6 Å². The first kappa shape index (κ1) is 24.0. The van der Waals surface area contributed by atoms with E-state index in [1.165, 1.54) is 18.5 Å². The Hall–Kier alpha value is -2.05. The van der Waals surface area contributed by atoms with Gasteiger partial charge in [0.25, 0.3) is 0 Å². The molecule has 2 N–H and O–H groups in total. The number of aliphatic imine (C=N–C) groups is 1. The minimum absolute atomic E-state index is 0. The van der Waals surface area contributed by atoms with E-state index >= 15 is 0 Å². The van der Waals surface area contributed by atoms with Gasteiger partial charge in [0.05, 0.1) is 13.1 Å². The Morgan fingerprint density at radius 3 is 2.64 bits per heavy atom. The van der Waals surface area contributed by atoms with Crippen molar-refractivity contribution < 1.29 is 22.3 Å². The number of imidazole rings is 1. The molecule has 1 aromatic carbocycles. The standard InChI is InChI=1S/C17H21F4N5O.HI/c1-3-22-17(25-10-14-23-6-7-26(14)15(18)19)24-9-12-8-11(2)4-5-13(12)27-16(20)21;/h4-8,15-16H,3,9-10H2,1-2H3,(H2,22,24,25);1H. The Morgan fingerprint density at radius 1 is 1.25 bits per heavy atom. The Morgan fingerprint density at radius 2 is 2.00 bits per heavy atom. The van der Waals surface area contributed by atoms with Crippen molar-refractivity contribution in [2.24, 2.45) is 4.99 Å². The van der Waals surface area contributed by atoms with Crippen molar-refractivity contribution in [2.75, 3.05) is 6.54 Å². The Kier molecular flexibility index (Phi) is 10.0. The van der Waals surface area contributed by atoms with Crippen molar-refractivity contribution in [1.29, 1.82) is 0 Å². The SMILES string of the molecule is CCNC(=NCc1cc(C)ccc1OC(F)F)NCc1nccn1C(F)F.I. The quantitative estimate of drug-likeness (QED) is 0.241. The predicted octanol–water partition coefficient (Wildman–Crippen LogP) is 4.06. The van der Waals surface area contributed by atoms with Crippen molar-refractivity contribution in [1.82, 2.24) is 20.2 Å². The van der Waals surface area contributed by atoms with Crippen LogP contribution in [0.1, 0.15) is 30.4 Å². The van der Waals surface area contributed by atoms with Gasteiger partial charge in [-0.25, -0.2) is 9.98 Å². The highest BCUT2D eigenvalue weighted by atomic mass is 127. The van der Waals surface area contributed by atoms with E-state index in [0.29, 0.717) is 18.1 Å².